The largest absolute Gasteiger partial charge is 0.449 e. The topological polar surface area (TPSA) is 73.6 Å². The van der Waals surface area contributed by atoms with Gasteiger partial charge in [0.05, 0.1) is 24.6 Å². The van der Waals surface area contributed by atoms with Crippen molar-refractivity contribution >= 4 is 28.8 Å². The normalized spacial score (nSPS) is 17.7. The average Bonchev–Trinajstić information content (AvgIpc) is 3.10. The molecule has 0 saturated carbocycles. The van der Waals surface area contributed by atoms with Crippen LogP contribution in [0.3, 0.4) is 0 Å². The first-order valence-corrected chi connectivity index (χ1v) is 8.55. The molecule has 1 atom stereocenters. The summed E-state index contributed by atoms with van der Waals surface area (Å²) in [5.74, 6) is 0.282. The van der Waals surface area contributed by atoms with Crippen molar-refractivity contribution in [2.24, 2.45) is 5.92 Å². The van der Waals surface area contributed by atoms with Gasteiger partial charge in [-0.15, -0.1) is 11.3 Å². The zero-order valence-electron chi connectivity index (χ0n) is 12.8. The van der Waals surface area contributed by atoms with Crippen molar-refractivity contribution in [3.8, 4) is 10.4 Å². The highest BCUT2D eigenvalue weighted by atomic mass is 32.1. The van der Waals surface area contributed by atoms with Crippen molar-refractivity contribution in [1.29, 1.82) is 0 Å². The molecular weight excluding hydrogens is 312 g/mol. The fourth-order valence-corrected chi connectivity index (χ4v) is 3.26. The maximum atomic E-state index is 12.0. The van der Waals surface area contributed by atoms with Crippen molar-refractivity contribution in [3.05, 3.63) is 35.7 Å². The van der Waals surface area contributed by atoms with Gasteiger partial charge in [0.1, 0.15) is 0 Å². The van der Waals surface area contributed by atoms with Gasteiger partial charge in [0, 0.05) is 17.4 Å². The number of nitrogens with one attached hydrogen (secondary N) is 1. The molecule has 1 unspecified atom stereocenters. The molecule has 3 N–H and O–H groups in total. The zero-order valence-corrected chi connectivity index (χ0v) is 13.6. The lowest BCUT2D eigenvalue weighted by Crippen LogP contribution is -2.25. The molecule has 122 valence electrons. The minimum atomic E-state index is -0.481. The highest BCUT2D eigenvalue weighted by Crippen LogP contribution is 2.30. The van der Waals surface area contributed by atoms with Gasteiger partial charge in [0.2, 0.25) is 0 Å². The molecule has 3 rings (SSSR count). The van der Waals surface area contributed by atoms with Gasteiger partial charge in [0.25, 0.3) is 0 Å². The van der Waals surface area contributed by atoms with Crippen LogP contribution in [0.5, 0.6) is 0 Å². The SMILES string of the molecule is Nc1ccc(-c2cccs2)cc1NC(=O)OCC1CCCOC1. The minimum Gasteiger partial charge on any atom is -0.449 e. The molecule has 0 bridgehead atoms. The molecule has 6 heteroatoms. The van der Waals surface area contributed by atoms with Gasteiger partial charge < -0.3 is 15.2 Å². The van der Waals surface area contributed by atoms with E-state index in [1.807, 2.05) is 29.6 Å². The number of benzene rings is 1. The number of carbonyl (C=O) groups is 1. The molecular formula is C17H20N2O3S. The highest BCUT2D eigenvalue weighted by molar-refractivity contribution is 7.13. The molecule has 23 heavy (non-hydrogen) atoms. The first-order chi connectivity index (χ1) is 11.2. The summed E-state index contributed by atoms with van der Waals surface area (Å²) in [7, 11) is 0. The second-order valence-electron chi connectivity index (χ2n) is 5.59. The van der Waals surface area contributed by atoms with E-state index in [-0.39, 0.29) is 5.92 Å². The number of rotatable bonds is 4. The van der Waals surface area contributed by atoms with Crippen LogP contribution >= 0.6 is 11.3 Å². The van der Waals surface area contributed by atoms with Crippen molar-refractivity contribution in [3.63, 3.8) is 0 Å². The third kappa shape index (κ3) is 4.24. The van der Waals surface area contributed by atoms with Crippen molar-refractivity contribution in [2.45, 2.75) is 12.8 Å². The third-order valence-corrected chi connectivity index (χ3v) is 4.72. The number of carbonyl (C=O) groups excluding carboxylic acids is 1. The van der Waals surface area contributed by atoms with E-state index in [0.29, 0.717) is 24.6 Å². The predicted molar refractivity (Wildman–Crippen MR) is 92.7 cm³/mol. The molecule has 2 aromatic rings. The Bertz CT molecular complexity index is 652. The Balaban J connectivity index is 1.60. The predicted octanol–water partition coefficient (Wildman–Crippen LogP) is 3.97. The van der Waals surface area contributed by atoms with E-state index in [1.54, 1.807) is 17.4 Å². The van der Waals surface area contributed by atoms with Crippen molar-refractivity contribution in [2.75, 3.05) is 30.9 Å². The van der Waals surface area contributed by atoms with Gasteiger partial charge >= 0.3 is 6.09 Å². The molecule has 0 radical (unpaired) electrons. The van der Waals surface area contributed by atoms with E-state index in [4.69, 9.17) is 15.2 Å². The fraction of sp³-hybridized carbons (Fsp3) is 0.353. The number of anilines is 2. The summed E-state index contributed by atoms with van der Waals surface area (Å²) in [6.07, 6.45) is 1.57. The van der Waals surface area contributed by atoms with Crippen LogP contribution < -0.4 is 11.1 Å². The monoisotopic (exact) mass is 332 g/mol. The van der Waals surface area contributed by atoms with Crippen LogP contribution in [-0.4, -0.2) is 25.9 Å². The van der Waals surface area contributed by atoms with E-state index in [9.17, 15) is 4.79 Å². The van der Waals surface area contributed by atoms with Crippen molar-refractivity contribution < 1.29 is 14.3 Å². The van der Waals surface area contributed by atoms with Crippen molar-refractivity contribution in [1.82, 2.24) is 0 Å². The second kappa shape index (κ2) is 7.48. The Morgan fingerprint density at radius 1 is 1.43 bits per heavy atom. The number of nitrogen functional groups attached to an aromatic ring is 1. The number of thiophene rings is 1. The molecule has 2 heterocycles. The Morgan fingerprint density at radius 2 is 2.35 bits per heavy atom. The fourth-order valence-electron chi connectivity index (χ4n) is 2.54. The summed E-state index contributed by atoms with van der Waals surface area (Å²) in [6, 6.07) is 9.62. The van der Waals surface area contributed by atoms with Crippen LogP contribution in [0.4, 0.5) is 16.2 Å². The Kier molecular flexibility index (Phi) is 5.15. The number of hydrogen-bond acceptors (Lipinski definition) is 5. The summed E-state index contributed by atoms with van der Waals surface area (Å²) in [4.78, 5) is 13.1. The lowest BCUT2D eigenvalue weighted by molar-refractivity contribution is 0.0260. The van der Waals surface area contributed by atoms with E-state index in [1.165, 1.54) is 0 Å². The van der Waals surface area contributed by atoms with Crippen LogP contribution in [-0.2, 0) is 9.47 Å². The van der Waals surface area contributed by atoms with Gasteiger partial charge in [-0.3, -0.25) is 5.32 Å². The van der Waals surface area contributed by atoms with E-state index < -0.39 is 6.09 Å². The van der Waals surface area contributed by atoms with E-state index in [2.05, 4.69) is 5.32 Å². The Labute approximate surface area is 139 Å². The van der Waals surface area contributed by atoms with E-state index in [0.717, 1.165) is 29.9 Å². The Morgan fingerprint density at radius 3 is 3.09 bits per heavy atom. The van der Waals surface area contributed by atoms with Gasteiger partial charge in [-0.2, -0.15) is 0 Å². The quantitative estimate of drug-likeness (QED) is 0.831. The number of nitrogens with two attached hydrogens (primary N) is 1. The van der Waals surface area contributed by atoms with Crippen LogP contribution in [0.1, 0.15) is 12.8 Å². The minimum absolute atomic E-state index is 0.282. The summed E-state index contributed by atoms with van der Waals surface area (Å²) in [6.45, 7) is 1.83. The maximum Gasteiger partial charge on any atom is 0.411 e. The van der Waals surface area contributed by atoms with Gasteiger partial charge in [0.15, 0.2) is 0 Å². The van der Waals surface area contributed by atoms with Crippen LogP contribution in [0, 0.1) is 5.92 Å². The molecule has 1 aromatic heterocycles. The molecule has 1 saturated heterocycles. The molecule has 1 aromatic carbocycles. The summed E-state index contributed by atoms with van der Waals surface area (Å²) in [5.41, 5.74) is 8.05. The van der Waals surface area contributed by atoms with Gasteiger partial charge in [-0.25, -0.2) is 4.79 Å². The number of hydrogen-bond donors (Lipinski definition) is 2. The second-order valence-corrected chi connectivity index (χ2v) is 6.53. The molecule has 1 amide bonds. The average molecular weight is 332 g/mol. The molecule has 1 aliphatic rings. The molecule has 0 spiro atoms. The lowest BCUT2D eigenvalue weighted by atomic mass is 10.0. The Hall–Kier alpha value is -2.05. The van der Waals surface area contributed by atoms with Crippen LogP contribution in [0.2, 0.25) is 0 Å². The summed E-state index contributed by atoms with van der Waals surface area (Å²) in [5, 5.41) is 4.74. The lowest BCUT2D eigenvalue weighted by Gasteiger charge is -2.21. The number of amides is 1. The van der Waals surface area contributed by atoms with Crippen LogP contribution in [0.25, 0.3) is 10.4 Å². The standard InChI is InChI=1S/C17H20N2O3S/c18-14-6-5-13(16-4-2-8-23-16)9-15(14)19-17(20)22-11-12-3-1-7-21-10-12/h2,4-6,8-9,12H,1,3,7,10-11,18H2,(H,19,20). The first-order valence-electron chi connectivity index (χ1n) is 7.67. The third-order valence-electron chi connectivity index (χ3n) is 3.80. The van der Waals surface area contributed by atoms with Crippen LogP contribution in [0.15, 0.2) is 35.7 Å². The maximum absolute atomic E-state index is 12.0. The molecule has 5 nitrogen and oxygen atoms in total. The zero-order chi connectivity index (χ0) is 16.1. The first kappa shape index (κ1) is 15.8. The van der Waals surface area contributed by atoms with E-state index >= 15 is 0 Å². The number of ether oxygens (including phenoxy) is 2. The van der Waals surface area contributed by atoms with Gasteiger partial charge in [-0.1, -0.05) is 12.1 Å². The molecule has 1 aliphatic heterocycles. The summed E-state index contributed by atoms with van der Waals surface area (Å²) >= 11 is 1.64. The smallest absolute Gasteiger partial charge is 0.411 e. The van der Waals surface area contributed by atoms with Gasteiger partial charge in [-0.05, 0) is 42.0 Å². The molecule has 0 aliphatic carbocycles. The summed E-state index contributed by atoms with van der Waals surface area (Å²) < 4.78 is 10.7. The molecule has 1 fully saturated rings. The highest BCUT2D eigenvalue weighted by Gasteiger charge is 2.16.